The second-order valence-electron chi connectivity index (χ2n) is 9.69. The summed E-state index contributed by atoms with van der Waals surface area (Å²) in [7, 11) is 0. The molecule has 3 aromatic rings. The Morgan fingerprint density at radius 2 is 1.82 bits per heavy atom. The molecule has 1 saturated carbocycles. The van der Waals surface area contributed by atoms with E-state index in [4.69, 9.17) is 22.1 Å². The molecule has 14 heteroatoms. The lowest BCUT2D eigenvalue weighted by atomic mass is 10.1. The standard InChI is InChI=1S/C26H29ClN8O5/c27-20-2-1-3-21(30-20)31-23(37)14-34(17-5-6-17)24(38)15-35-19-7-4-16(12-18(19)25(32-35)26(28)39)29-22(36)13-33-8-10-40-11-9-33/h1-4,7,12,17H,5-6,8-11,13-15H2,(H2,28,39)(H,29,36)(H,30,31,37). The van der Waals surface area contributed by atoms with Crippen LogP contribution in [0, 0.1) is 0 Å². The minimum absolute atomic E-state index is 0.0187. The van der Waals surface area contributed by atoms with E-state index >= 15 is 0 Å². The van der Waals surface area contributed by atoms with Crippen molar-refractivity contribution in [3.05, 3.63) is 47.2 Å². The summed E-state index contributed by atoms with van der Waals surface area (Å²) in [6.45, 7) is 2.37. The molecule has 210 valence electrons. The summed E-state index contributed by atoms with van der Waals surface area (Å²) in [5.74, 6) is -1.41. The molecule has 2 aromatic heterocycles. The van der Waals surface area contributed by atoms with Crippen LogP contribution in [-0.4, -0.2) is 93.6 Å². The molecule has 4 N–H and O–H groups in total. The maximum Gasteiger partial charge on any atom is 0.269 e. The maximum absolute atomic E-state index is 13.3. The first kappa shape index (κ1) is 27.5. The molecule has 2 aliphatic rings. The van der Waals surface area contributed by atoms with Gasteiger partial charge in [-0.1, -0.05) is 17.7 Å². The number of pyridine rings is 1. The normalized spacial score (nSPS) is 15.5. The second kappa shape index (κ2) is 12.0. The Labute approximate surface area is 234 Å². The lowest BCUT2D eigenvalue weighted by Crippen LogP contribution is -2.41. The van der Waals surface area contributed by atoms with E-state index in [1.807, 2.05) is 4.90 Å². The topological polar surface area (TPSA) is 165 Å². The molecule has 0 unspecified atom stereocenters. The van der Waals surface area contributed by atoms with E-state index in [2.05, 4.69) is 20.7 Å². The van der Waals surface area contributed by atoms with Crippen molar-refractivity contribution in [3.63, 3.8) is 0 Å². The van der Waals surface area contributed by atoms with Crippen molar-refractivity contribution in [2.24, 2.45) is 5.73 Å². The number of anilines is 2. The number of carbonyl (C=O) groups is 4. The third-order valence-corrected chi connectivity index (χ3v) is 6.84. The molecular weight excluding hydrogens is 540 g/mol. The number of nitrogens with two attached hydrogens (primary N) is 1. The fourth-order valence-corrected chi connectivity index (χ4v) is 4.73. The summed E-state index contributed by atoms with van der Waals surface area (Å²) in [6.07, 6.45) is 1.57. The number of ether oxygens (including phenoxy) is 1. The Hall–Kier alpha value is -4.07. The molecule has 0 spiro atoms. The highest BCUT2D eigenvalue weighted by Crippen LogP contribution is 2.28. The summed E-state index contributed by atoms with van der Waals surface area (Å²) in [4.78, 5) is 58.3. The highest BCUT2D eigenvalue weighted by atomic mass is 35.5. The van der Waals surface area contributed by atoms with E-state index in [0.29, 0.717) is 42.9 Å². The van der Waals surface area contributed by atoms with E-state index in [9.17, 15) is 19.2 Å². The molecule has 1 aliphatic carbocycles. The van der Waals surface area contributed by atoms with Gasteiger partial charge in [0.1, 0.15) is 24.1 Å². The first-order chi connectivity index (χ1) is 19.3. The number of nitrogens with one attached hydrogen (secondary N) is 2. The van der Waals surface area contributed by atoms with Crippen LogP contribution >= 0.6 is 11.6 Å². The molecule has 1 saturated heterocycles. The Bertz CT molecular complexity index is 1450. The van der Waals surface area contributed by atoms with Gasteiger partial charge in [0.05, 0.1) is 25.3 Å². The van der Waals surface area contributed by atoms with Crippen LogP contribution in [0.5, 0.6) is 0 Å². The van der Waals surface area contributed by atoms with Crippen LogP contribution in [0.25, 0.3) is 10.9 Å². The van der Waals surface area contributed by atoms with Gasteiger partial charge < -0.3 is 26.0 Å². The van der Waals surface area contributed by atoms with Crippen LogP contribution in [0.1, 0.15) is 23.3 Å². The predicted octanol–water partition coefficient (Wildman–Crippen LogP) is 1.08. The van der Waals surface area contributed by atoms with Gasteiger partial charge in [-0.2, -0.15) is 5.10 Å². The number of hydrogen-bond donors (Lipinski definition) is 3. The number of halogens is 1. The fraction of sp³-hybridized carbons (Fsp3) is 0.385. The van der Waals surface area contributed by atoms with Crippen LogP contribution < -0.4 is 16.4 Å². The number of morpholine rings is 1. The zero-order valence-electron chi connectivity index (χ0n) is 21.6. The maximum atomic E-state index is 13.3. The van der Waals surface area contributed by atoms with Gasteiger partial charge in [-0.15, -0.1) is 0 Å². The summed E-state index contributed by atoms with van der Waals surface area (Å²) in [5.41, 5.74) is 6.54. The van der Waals surface area contributed by atoms with Gasteiger partial charge in [-0.25, -0.2) is 4.98 Å². The van der Waals surface area contributed by atoms with Gasteiger partial charge in [-0.3, -0.25) is 28.8 Å². The van der Waals surface area contributed by atoms with E-state index < -0.39 is 11.8 Å². The van der Waals surface area contributed by atoms with Gasteiger partial charge in [-0.05, 0) is 43.2 Å². The zero-order chi connectivity index (χ0) is 28.2. The lowest BCUT2D eigenvalue weighted by Gasteiger charge is -2.25. The molecule has 1 aromatic carbocycles. The second-order valence-corrected chi connectivity index (χ2v) is 10.1. The number of hydrogen-bond acceptors (Lipinski definition) is 8. The van der Waals surface area contributed by atoms with Crippen molar-refractivity contribution in [2.45, 2.75) is 25.4 Å². The number of aromatic nitrogens is 3. The average Bonchev–Trinajstić information content (AvgIpc) is 3.69. The van der Waals surface area contributed by atoms with E-state index in [0.717, 1.165) is 12.8 Å². The molecule has 13 nitrogen and oxygen atoms in total. The molecule has 3 heterocycles. The van der Waals surface area contributed by atoms with Gasteiger partial charge in [0.15, 0.2) is 5.69 Å². The minimum atomic E-state index is -0.763. The lowest BCUT2D eigenvalue weighted by molar-refractivity contribution is -0.135. The molecule has 0 radical (unpaired) electrons. The van der Waals surface area contributed by atoms with Crippen LogP contribution in [-0.2, 0) is 25.7 Å². The van der Waals surface area contributed by atoms with Crippen molar-refractivity contribution >= 4 is 57.6 Å². The Morgan fingerprint density at radius 3 is 2.52 bits per heavy atom. The Kier molecular flexibility index (Phi) is 8.24. The zero-order valence-corrected chi connectivity index (χ0v) is 22.4. The number of rotatable bonds is 10. The van der Waals surface area contributed by atoms with E-state index in [1.165, 1.54) is 9.58 Å². The molecule has 0 bridgehead atoms. The third kappa shape index (κ3) is 6.73. The number of benzene rings is 1. The van der Waals surface area contributed by atoms with Gasteiger partial charge in [0.25, 0.3) is 5.91 Å². The SMILES string of the molecule is NC(=O)c1nn(CC(=O)N(CC(=O)Nc2cccc(Cl)n2)C2CC2)c2ccc(NC(=O)CN3CCOCC3)cc12. The molecule has 5 rings (SSSR count). The quantitative estimate of drug-likeness (QED) is 0.306. The highest BCUT2D eigenvalue weighted by molar-refractivity contribution is 6.29. The van der Waals surface area contributed by atoms with E-state index in [1.54, 1.807) is 36.4 Å². The number of amides is 4. The molecule has 40 heavy (non-hydrogen) atoms. The van der Waals surface area contributed by atoms with Gasteiger partial charge in [0.2, 0.25) is 17.7 Å². The molecular formula is C26H29ClN8O5. The van der Waals surface area contributed by atoms with Crippen molar-refractivity contribution in [2.75, 3.05) is 50.0 Å². The summed E-state index contributed by atoms with van der Waals surface area (Å²) >= 11 is 5.88. The van der Waals surface area contributed by atoms with Crippen LogP contribution in [0.2, 0.25) is 5.15 Å². The van der Waals surface area contributed by atoms with Crippen molar-refractivity contribution in [1.29, 1.82) is 0 Å². The number of primary amides is 1. The average molecular weight is 569 g/mol. The van der Waals surface area contributed by atoms with E-state index in [-0.39, 0.29) is 54.2 Å². The first-order valence-corrected chi connectivity index (χ1v) is 13.3. The summed E-state index contributed by atoms with van der Waals surface area (Å²) in [5, 5.41) is 10.4. The van der Waals surface area contributed by atoms with Crippen LogP contribution in [0.3, 0.4) is 0 Å². The summed E-state index contributed by atoms with van der Waals surface area (Å²) in [6, 6.07) is 9.76. The number of nitrogens with zero attached hydrogens (tertiary/aromatic N) is 5. The minimum Gasteiger partial charge on any atom is -0.379 e. The van der Waals surface area contributed by atoms with Crippen molar-refractivity contribution in [3.8, 4) is 0 Å². The van der Waals surface area contributed by atoms with Gasteiger partial charge in [0, 0.05) is 30.2 Å². The van der Waals surface area contributed by atoms with Gasteiger partial charge >= 0.3 is 0 Å². The first-order valence-electron chi connectivity index (χ1n) is 12.9. The largest absolute Gasteiger partial charge is 0.379 e. The van der Waals surface area contributed by atoms with Crippen molar-refractivity contribution < 1.29 is 23.9 Å². The van der Waals surface area contributed by atoms with Crippen LogP contribution in [0.4, 0.5) is 11.5 Å². The molecule has 1 aliphatic heterocycles. The van der Waals surface area contributed by atoms with Crippen LogP contribution in [0.15, 0.2) is 36.4 Å². The molecule has 0 atom stereocenters. The third-order valence-electron chi connectivity index (χ3n) is 6.63. The highest BCUT2D eigenvalue weighted by Gasteiger charge is 2.34. The van der Waals surface area contributed by atoms with Crippen molar-refractivity contribution in [1.82, 2.24) is 24.6 Å². The fourth-order valence-electron chi connectivity index (χ4n) is 4.56. The molecule has 4 amide bonds. The predicted molar refractivity (Wildman–Crippen MR) is 147 cm³/mol. The molecule has 2 fully saturated rings. The number of fused-ring (bicyclic) bond motifs is 1. The summed E-state index contributed by atoms with van der Waals surface area (Å²) < 4.78 is 6.70. The Morgan fingerprint density at radius 1 is 1.05 bits per heavy atom. The monoisotopic (exact) mass is 568 g/mol. The smallest absolute Gasteiger partial charge is 0.269 e. The number of carbonyl (C=O) groups excluding carboxylic acids is 4. The Balaban J connectivity index is 1.29.